The van der Waals surface area contributed by atoms with Crippen LogP contribution in [0.5, 0.6) is 0 Å². The number of para-hydroxylation sites is 1. The van der Waals surface area contributed by atoms with Crippen LogP contribution in [0.2, 0.25) is 0 Å². The van der Waals surface area contributed by atoms with Crippen LogP contribution < -0.4 is 15.4 Å². The number of amidine groups is 1. The van der Waals surface area contributed by atoms with E-state index in [2.05, 4.69) is 15.1 Å². The Morgan fingerprint density at radius 3 is 2.28 bits per heavy atom. The molecule has 0 bridgehead atoms. The minimum absolute atomic E-state index is 0.0190. The highest BCUT2D eigenvalue weighted by molar-refractivity contribution is 7.89. The van der Waals surface area contributed by atoms with E-state index in [9.17, 15) is 13.2 Å². The maximum absolute atomic E-state index is 13.5. The van der Waals surface area contributed by atoms with Gasteiger partial charge in [0, 0.05) is 49.7 Å². The molecule has 0 unspecified atom stereocenters. The number of carbonyl (C=O) groups is 1. The monoisotopic (exact) mass is 546 g/mol. The smallest absolute Gasteiger partial charge is 0.326 e. The van der Waals surface area contributed by atoms with E-state index in [0.717, 1.165) is 43.2 Å². The van der Waals surface area contributed by atoms with E-state index in [0.29, 0.717) is 17.2 Å². The Kier molecular flexibility index (Phi) is 7.97. The van der Waals surface area contributed by atoms with Crippen molar-refractivity contribution < 1.29 is 13.2 Å². The molecule has 1 saturated heterocycles. The zero-order chi connectivity index (χ0) is 27.4. The third-order valence-corrected chi connectivity index (χ3v) is 8.12. The highest BCUT2D eigenvalue weighted by atomic mass is 32.2. The van der Waals surface area contributed by atoms with E-state index >= 15 is 0 Å². The number of rotatable bonds is 8. The summed E-state index contributed by atoms with van der Waals surface area (Å²) in [4.78, 5) is 19.7. The first-order chi connectivity index (χ1) is 18.8. The Labute approximate surface area is 229 Å². The molecule has 0 aromatic heterocycles. The number of hydrogen-bond acceptors (Lipinski definition) is 5. The summed E-state index contributed by atoms with van der Waals surface area (Å²) < 4.78 is 23.2. The molecule has 1 saturated carbocycles. The number of nitrogens with one attached hydrogen (secondary N) is 2. The predicted molar refractivity (Wildman–Crippen MR) is 153 cm³/mol. The Hall–Kier alpha value is -3.73. The van der Waals surface area contributed by atoms with E-state index in [-0.39, 0.29) is 17.5 Å². The number of piperazine rings is 1. The second kappa shape index (κ2) is 11.6. The van der Waals surface area contributed by atoms with Gasteiger partial charge in [0.25, 0.3) is 0 Å². The van der Waals surface area contributed by atoms with Gasteiger partial charge in [0.15, 0.2) is 0 Å². The molecule has 4 N–H and O–H groups in total. The molecule has 5 rings (SSSR count). The second-order valence-corrected chi connectivity index (χ2v) is 11.8. The van der Waals surface area contributed by atoms with Crippen molar-refractivity contribution in [3.8, 4) is 0 Å². The average Bonchev–Trinajstić information content (AvgIpc) is 3.76. The minimum atomic E-state index is -3.80. The number of anilines is 2. The van der Waals surface area contributed by atoms with Crippen molar-refractivity contribution in [3.05, 3.63) is 90.0 Å². The lowest BCUT2D eigenvalue weighted by Crippen LogP contribution is -2.49. The Morgan fingerprint density at radius 2 is 1.64 bits per heavy atom. The van der Waals surface area contributed by atoms with Crippen LogP contribution in [0.4, 0.5) is 16.2 Å². The molecule has 1 aliphatic heterocycles. The zero-order valence-corrected chi connectivity index (χ0v) is 22.6. The molecule has 3 aromatic rings. The van der Waals surface area contributed by atoms with Crippen LogP contribution in [0.1, 0.15) is 24.0 Å². The molecule has 3 aromatic carbocycles. The van der Waals surface area contributed by atoms with Crippen molar-refractivity contribution in [3.63, 3.8) is 0 Å². The molecule has 1 heterocycles. The number of sulfonamides is 1. The zero-order valence-electron chi connectivity index (χ0n) is 21.8. The third kappa shape index (κ3) is 7.03. The maximum Gasteiger partial charge on any atom is 0.326 e. The SMILES string of the molecule is N=C(c1cccc(NC(=O)N(Cc2ccc(S(N)(=O)=O)cc2)c2ccccc2)c1)N1CCN(CC2CC2)CC1. The standard InChI is InChI=1S/C29H34N6O3S/c30-28(34-17-15-33(16-18-34)20-22-9-10-22)24-5-4-6-25(19-24)32-29(36)35(26-7-2-1-3-8-26)21-23-11-13-27(14-12-23)39(31,37)38/h1-8,11-14,19,22,30H,9-10,15-18,20-21H2,(H,32,36)(H2,31,37,38). The number of urea groups is 1. The number of nitrogens with zero attached hydrogens (tertiary/aromatic N) is 3. The molecule has 10 heteroatoms. The molecule has 0 atom stereocenters. The van der Waals surface area contributed by atoms with Crippen LogP contribution in [-0.4, -0.2) is 62.8 Å². The quantitative estimate of drug-likeness (QED) is 0.292. The summed E-state index contributed by atoms with van der Waals surface area (Å²) >= 11 is 0. The Bertz CT molecular complexity index is 1420. The van der Waals surface area contributed by atoms with E-state index in [4.69, 9.17) is 10.5 Å². The summed E-state index contributed by atoms with van der Waals surface area (Å²) in [6, 6.07) is 22.5. The van der Waals surface area contributed by atoms with Gasteiger partial charge in [0.05, 0.1) is 11.4 Å². The summed E-state index contributed by atoms with van der Waals surface area (Å²) in [6.07, 6.45) is 2.70. The lowest BCUT2D eigenvalue weighted by Gasteiger charge is -2.36. The first kappa shape index (κ1) is 26.9. The van der Waals surface area contributed by atoms with Gasteiger partial charge in [0.1, 0.15) is 5.84 Å². The number of primary sulfonamides is 1. The fraction of sp³-hybridized carbons (Fsp3) is 0.310. The van der Waals surface area contributed by atoms with Crippen molar-refractivity contribution in [2.45, 2.75) is 24.3 Å². The first-order valence-electron chi connectivity index (χ1n) is 13.2. The highest BCUT2D eigenvalue weighted by Crippen LogP contribution is 2.30. The number of benzene rings is 3. The van der Waals surface area contributed by atoms with Crippen LogP contribution in [0, 0.1) is 11.3 Å². The molecule has 0 radical (unpaired) electrons. The van der Waals surface area contributed by atoms with Crippen LogP contribution in [0.3, 0.4) is 0 Å². The lowest BCUT2D eigenvalue weighted by atomic mass is 10.1. The van der Waals surface area contributed by atoms with Gasteiger partial charge < -0.3 is 10.2 Å². The van der Waals surface area contributed by atoms with Crippen molar-refractivity contribution in [1.29, 1.82) is 5.41 Å². The molecular formula is C29H34N6O3S. The number of hydrogen-bond donors (Lipinski definition) is 3. The Morgan fingerprint density at radius 1 is 0.949 bits per heavy atom. The summed E-state index contributed by atoms with van der Waals surface area (Å²) in [5, 5.41) is 17.0. The van der Waals surface area contributed by atoms with Crippen molar-refractivity contribution >= 4 is 33.3 Å². The first-order valence-corrected chi connectivity index (χ1v) is 14.7. The Balaban J connectivity index is 1.27. The molecule has 9 nitrogen and oxygen atoms in total. The number of nitrogens with two attached hydrogens (primary N) is 1. The molecule has 0 spiro atoms. The summed E-state index contributed by atoms with van der Waals surface area (Å²) in [7, 11) is -3.80. The van der Waals surface area contributed by atoms with Crippen LogP contribution in [0.25, 0.3) is 0 Å². The molecule has 39 heavy (non-hydrogen) atoms. The second-order valence-electron chi connectivity index (χ2n) is 10.2. The lowest BCUT2D eigenvalue weighted by molar-refractivity contribution is 0.176. The molecular weight excluding hydrogens is 512 g/mol. The third-order valence-electron chi connectivity index (χ3n) is 7.19. The van der Waals surface area contributed by atoms with Crippen LogP contribution >= 0.6 is 0 Å². The van der Waals surface area contributed by atoms with E-state index < -0.39 is 10.0 Å². The van der Waals surface area contributed by atoms with Crippen molar-refractivity contribution in [2.75, 3.05) is 42.9 Å². The van der Waals surface area contributed by atoms with Gasteiger partial charge in [0.2, 0.25) is 10.0 Å². The topological polar surface area (TPSA) is 123 Å². The van der Waals surface area contributed by atoms with Crippen molar-refractivity contribution in [2.24, 2.45) is 11.1 Å². The highest BCUT2D eigenvalue weighted by Gasteiger charge is 2.27. The fourth-order valence-electron chi connectivity index (χ4n) is 4.79. The van der Waals surface area contributed by atoms with Crippen molar-refractivity contribution in [1.82, 2.24) is 9.80 Å². The number of amides is 2. The normalized spacial score (nSPS) is 16.1. The van der Waals surface area contributed by atoms with Crippen LogP contribution in [0.15, 0.2) is 83.8 Å². The van der Waals surface area contributed by atoms with Gasteiger partial charge >= 0.3 is 6.03 Å². The van der Waals surface area contributed by atoms with Gasteiger partial charge in [-0.15, -0.1) is 0 Å². The predicted octanol–water partition coefficient (Wildman–Crippen LogP) is 3.93. The molecule has 204 valence electrons. The van der Waals surface area contributed by atoms with E-state index in [1.165, 1.54) is 31.5 Å². The summed E-state index contributed by atoms with van der Waals surface area (Å²) in [6.45, 7) is 5.00. The summed E-state index contributed by atoms with van der Waals surface area (Å²) in [5.41, 5.74) is 2.80. The van der Waals surface area contributed by atoms with Gasteiger partial charge in [-0.1, -0.05) is 42.5 Å². The fourth-order valence-corrected chi connectivity index (χ4v) is 5.31. The average molecular weight is 547 g/mol. The van der Waals surface area contributed by atoms with Gasteiger partial charge in [-0.25, -0.2) is 18.4 Å². The van der Waals surface area contributed by atoms with E-state index in [1.54, 1.807) is 17.0 Å². The molecule has 2 fully saturated rings. The van der Waals surface area contributed by atoms with Gasteiger partial charge in [-0.3, -0.25) is 15.2 Å². The maximum atomic E-state index is 13.5. The van der Waals surface area contributed by atoms with E-state index in [1.807, 2.05) is 54.6 Å². The molecule has 2 amide bonds. The summed E-state index contributed by atoms with van der Waals surface area (Å²) in [5.74, 6) is 1.33. The molecule has 2 aliphatic rings. The minimum Gasteiger partial charge on any atom is -0.354 e. The molecule has 1 aliphatic carbocycles. The van der Waals surface area contributed by atoms with Crippen LogP contribution in [-0.2, 0) is 16.6 Å². The van der Waals surface area contributed by atoms with Gasteiger partial charge in [-0.2, -0.15) is 0 Å². The largest absolute Gasteiger partial charge is 0.354 e. The van der Waals surface area contributed by atoms with Gasteiger partial charge in [-0.05, 0) is 60.7 Å². The number of carbonyl (C=O) groups excluding carboxylic acids is 1.